The quantitative estimate of drug-likeness (QED) is 0.757. The van der Waals surface area contributed by atoms with Crippen molar-refractivity contribution in [1.82, 2.24) is 0 Å². The Labute approximate surface area is 128 Å². The molecule has 0 aliphatic carbocycles. The van der Waals surface area contributed by atoms with Crippen molar-refractivity contribution in [2.75, 3.05) is 14.2 Å². The topological polar surface area (TPSA) is 35.5 Å². The van der Waals surface area contributed by atoms with Crippen molar-refractivity contribution >= 4 is 44.7 Å². The second-order valence-corrected chi connectivity index (χ2v) is 6.14. The van der Waals surface area contributed by atoms with Gasteiger partial charge in [0.15, 0.2) is 11.5 Å². The molecule has 3 nitrogen and oxygen atoms in total. The molecule has 0 N–H and O–H groups in total. The molecule has 0 fully saturated rings. The van der Waals surface area contributed by atoms with Crippen molar-refractivity contribution in [3.05, 3.63) is 43.5 Å². The lowest BCUT2D eigenvalue weighted by Gasteiger charge is -2.08. The minimum absolute atomic E-state index is 0.0986. The van der Waals surface area contributed by atoms with E-state index in [1.807, 2.05) is 0 Å². The van der Waals surface area contributed by atoms with Crippen LogP contribution in [-0.2, 0) is 0 Å². The summed E-state index contributed by atoms with van der Waals surface area (Å²) in [5.41, 5.74) is 0.531. The normalized spacial score (nSPS) is 10.3. The number of benzene rings is 1. The highest BCUT2D eigenvalue weighted by molar-refractivity contribution is 9.10. The van der Waals surface area contributed by atoms with Crippen molar-refractivity contribution in [3.63, 3.8) is 0 Å². The summed E-state index contributed by atoms with van der Waals surface area (Å²) in [4.78, 5) is 12.9. The third-order valence-electron chi connectivity index (χ3n) is 2.51. The Balaban J connectivity index is 2.39. The van der Waals surface area contributed by atoms with Gasteiger partial charge in [0.1, 0.15) is 4.34 Å². The number of rotatable bonds is 4. The van der Waals surface area contributed by atoms with Gasteiger partial charge in [-0.2, -0.15) is 0 Å². The molecule has 0 saturated heterocycles. The molecule has 1 heterocycles. The van der Waals surface area contributed by atoms with Gasteiger partial charge in [0.25, 0.3) is 0 Å². The maximum Gasteiger partial charge on any atom is 0.203 e. The van der Waals surface area contributed by atoms with E-state index in [1.165, 1.54) is 18.4 Å². The Morgan fingerprint density at radius 2 is 1.89 bits per heavy atom. The van der Waals surface area contributed by atoms with Crippen LogP contribution in [0.25, 0.3) is 0 Å². The molecule has 0 amide bonds. The van der Waals surface area contributed by atoms with Crippen molar-refractivity contribution in [2.45, 2.75) is 0 Å². The molecule has 1 aromatic heterocycles. The Hall–Kier alpha value is -1.04. The summed E-state index contributed by atoms with van der Waals surface area (Å²) in [7, 11) is 3.08. The van der Waals surface area contributed by atoms with E-state index in [0.29, 0.717) is 26.3 Å². The number of carbonyl (C=O) groups excluding carboxylic acids is 1. The molecule has 0 saturated carbocycles. The van der Waals surface area contributed by atoms with Gasteiger partial charge in [-0.15, -0.1) is 11.3 Å². The van der Waals surface area contributed by atoms with Crippen LogP contribution < -0.4 is 9.47 Å². The molecule has 0 bridgehead atoms. The lowest BCUT2D eigenvalue weighted by Crippen LogP contribution is -2.00. The standard InChI is InChI=1S/C13H10BrClO3S/c1-17-9-4-3-7(5-10(9)18-2)12(16)11-6-8(14)13(15)19-11/h3-6H,1-2H3. The maximum absolute atomic E-state index is 12.3. The van der Waals surface area contributed by atoms with Crippen LogP contribution in [0, 0.1) is 0 Å². The van der Waals surface area contributed by atoms with Crippen LogP contribution in [0.15, 0.2) is 28.7 Å². The lowest BCUT2D eigenvalue weighted by molar-refractivity contribution is 0.104. The number of thiophene rings is 1. The van der Waals surface area contributed by atoms with E-state index in [1.54, 1.807) is 31.4 Å². The summed E-state index contributed by atoms with van der Waals surface area (Å²) in [5.74, 6) is 1.01. The number of methoxy groups -OCH3 is 2. The van der Waals surface area contributed by atoms with Gasteiger partial charge in [-0.3, -0.25) is 4.79 Å². The lowest BCUT2D eigenvalue weighted by atomic mass is 10.1. The van der Waals surface area contributed by atoms with Gasteiger partial charge < -0.3 is 9.47 Å². The predicted octanol–water partition coefficient (Wildman–Crippen LogP) is 4.41. The van der Waals surface area contributed by atoms with Gasteiger partial charge in [0, 0.05) is 10.0 Å². The first kappa shape index (κ1) is 14.4. The van der Waals surface area contributed by atoms with E-state index in [4.69, 9.17) is 21.1 Å². The van der Waals surface area contributed by atoms with E-state index in [-0.39, 0.29) is 5.78 Å². The van der Waals surface area contributed by atoms with E-state index >= 15 is 0 Å². The Morgan fingerprint density at radius 3 is 2.42 bits per heavy atom. The van der Waals surface area contributed by atoms with Gasteiger partial charge in [-0.1, -0.05) is 11.6 Å². The van der Waals surface area contributed by atoms with Gasteiger partial charge in [-0.25, -0.2) is 0 Å². The first-order chi connectivity index (χ1) is 9.06. The molecule has 0 unspecified atom stereocenters. The molecular weight excluding hydrogens is 352 g/mol. The average molecular weight is 362 g/mol. The zero-order chi connectivity index (χ0) is 14.0. The largest absolute Gasteiger partial charge is 0.493 e. The number of ether oxygens (including phenoxy) is 2. The Morgan fingerprint density at radius 1 is 1.21 bits per heavy atom. The number of halogens is 2. The molecule has 2 aromatic rings. The molecule has 0 radical (unpaired) electrons. The second kappa shape index (κ2) is 5.94. The van der Waals surface area contributed by atoms with Gasteiger partial charge in [-0.05, 0) is 40.2 Å². The first-order valence-electron chi connectivity index (χ1n) is 5.28. The highest BCUT2D eigenvalue weighted by atomic mass is 79.9. The smallest absolute Gasteiger partial charge is 0.203 e. The molecule has 100 valence electrons. The number of ketones is 1. The predicted molar refractivity (Wildman–Crippen MR) is 80.0 cm³/mol. The fraction of sp³-hybridized carbons (Fsp3) is 0.154. The third-order valence-corrected chi connectivity index (χ3v) is 4.99. The summed E-state index contributed by atoms with van der Waals surface area (Å²) in [5, 5.41) is 0. The van der Waals surface area contributed by atoms with Crippen LogP contribution in [0.5, 0.6) is 11.5 Å². The van der Waals surface area contributed by atoms with Gasteiger partial charge in [0.05, 0.1) is 19.1 Å². The van der Waals surface area contributed by atoms with Crippen LogP contribution in [0.2, 0.25) is 4.34 Å². The fourth-order valence-corrected chi connectivity index (χ4v) is 3.24. The van der Waals surface area contributed by atoms with Crippen LogP contribution in [0.4, 0.5) is 0 Å². The highest BCUT2D eigenvalue weighted by Crippen LogP contribution is 2.34. The Kier molecular flexibility index (Phi) is 4.50. The molecule has 0 spiro atoms. The molecule has 0 aliphatic heterocycles. The van der Waals surface area contributed by atoms with Crippen molar-refractivity contribution < 1.29 is 14.3 Å². The summed E-state index contributed by atoms with van der Waals surface area (Å²) in [6.07, 6.45) is 0. The molecule has 1 aromatic carbocycles. The van der Waals surface area contributed by atoms with Crippen LogP contribution in [-0.4, -0.2) is 20.0 Å². The molecule has 6 heteroatoms. The number of hydrogen-bond acceptors (Lipinski definition) is 4. The summed E-state index contributed by atoms with van der Waals surface area (Å²) in [6, 6.07) is 6.77. The molecule has 0 aliphatic rings. The second-order valence-electron chi connectivity index (χ2n) is 3.63. The number of hydrogen-bond donors (Lipinski definition) is 0. The van der Waals surface area contributed by atoms with Gasteiger partial charge >= 0.3 is 0 Å². The number of carbonyl (C=O) groups is 1. The SMILES string of the molecule is COc1ccc(C(=O)c2cc(Br)c(Cl)s2)cc1OC. The maximum atomic E-state index is 12.3. The van der Waals surface area contributed by atoms with Crippen LogP contribution in [0.1, 0.15) is 15.2 Å². The summed E-state index contributed by atoms with van der Waals surface area (Å²) >= 11 is 10.5. The van der Waals surface area contributed by atoms with Crippen molar-refractivity contribution in [1.29, 1.82) is 0 Å². The van der Waals surface area contributed by atoms with Crippen LogP contribution >= 0.6 is 38.9 Å². The monoisotopic (exact) mass is 360 g/mol. The molecule has 0 atom stereocenters. The Bertz CT molecular complexity index is 605. The third kappa shape index (κ3) is 2.94. The zero-order valence-electron chi connectivity index (χ0n) is 10.2. The highest BCUT2D eigenvalue weighted by Gasteiger charge is 2.16. The zero-order valence-corrected chi connectivity index (χ0v) is 13.4. The van der Waals surface area contributed by atoms with E-state index in [0.717, 1.165) is 4.47 Å². The minimum atomic E-state index is -0.0986. The first-order valence-corrected chi connectivity index (χ1v) is 7.27. The average Bonchev–Trinajstić information content (AvgIpc) is 2.77. The van der Waals surface area contributed by atoms with Crippen molar-refractivity contribution in [3.8, 4) is 11.5 Å². The van der Waals surface area contributed by atoms with Crippen molar-refractivity contribution in [2.24, 2.45) is 0 Å². The summed E-state index contributed by atoms with van der Waals surface area (Å²) < 4.78 is 11.6. The van der Waals surface area contributed by atoms with E-state index in [2.05, 4.69) is 15.9 Å². The summed E-state index contributed by atoms with van der Waals surface area (Å²) in [6.45, 7) is 0. The molecule has 2 rings (SSSR count). The fourth-order valence-electron chi connectivity index (χ4n) is 1.58. The van der Waals surface area contributed by atoms with E-state index in [9.17, 15) is 4.79 Å². The molecule has 19 heavy (non-hydrogen) atoms. The van der Waals surface area contributed by atoms with Gasteiger partial charge in [0.2, 0.25) is 5.78 Å². The van der Waals surface area contributed by atoms with E-state index < -0.39 is 0 Å². The minimum Gasteiger partial charge on any atom is -0.493 e. The van der Waals surface area contributed by atoms with Crippen LogP contribution in [0.3, 0.4) is 0 Å². The molecular formula is C13H10BrClO3S.